The van der Waals surface area contributed by atoms with Crippen molar-refractivity contribution in [3.8, 4) is 5.75 Å². The van der Waals surface area contributed by atoms with Gasteiger partial charge in [-0.25, -0.2) is 0 Å². The Morgan fingerprint density at radius 2 is 2.24 bits per heavy atom. The number of hydrogen-bond donors (Lipinski definition) is 2. The van der Waals surface area contributed by atoms with E-state index < -0.39 is 0 Å². The number of unbranched alkanes of at least 4 members (excludes halogenated alkanes) is 2. The molecule has 0 aliphatic rings. The average molecular weight is 275 g/mol. The molecule has 0 aromatic carbocycles. The lowest BCUT2D eigenvalue weighted by molar-refractivity contribution is 0.344. The third kappa shape index (κ3) is 5.04. The first-order chi connectivity index (χ1) is 8.29. The summed E-state index contributed by atoms with van der Waals surface area (Å²) in [6.07, 6.45) is 5.86. The standard InChI is InChI=1S/C11H21N3OS2/c1-3-15-9-10(12)14-17-11(9)13-7-5-4-6-8-16-2/h13H,3-8H2,1-2H3,(H2,12,14). The van der Waals surface area contributed by atoms with Gasteiger partial charge in [-0.05, 0) is 43.3 Å². The SMILES string of the molecule is CCOc1c(N)nsc1NCCCCCSC. The van der Waals surface area contributed by atoms with Gasteiger partial charge in [0.25, 0.3) is 0 Å². The summed E-state index contributed by atoms with van der Waals surface area (Å²) in [4.78, 5) is 0. The van der Waals surface area contributed by atoms with E-state index in [4.69, 9.17) is 10.5 Å². The van der Waals surface area contributed by atoms with E-state index >= 15 is 0 Å². The van der Waals surface area contributed by atoms with Crippen molar-refractivity contribution in [1.29, 1.82) is 0 Å². The number of hydrogen-bond acceptors (Lipinski definition) is 6. The van der Waals surface area contributed by atoms with Crippen molar-refractivity contribution in [3.63, 3.8) is 0 Å². The van der Waals surface area contributed by atoms with Crippen LogP contribution in [0.25, 0.3) is 0 Å². The van der Waals surface area contributed by atoms with Crippen LogP contribution in [0.5, 0.6) is 5.75 Å². The molecule has 1 aromatic heterocycles. The molecule has 3 N–H and O–H groups in total. The highest BCUT2D eigenvalue weighted by molar-refractivity contribution is 7.98. The third-order valence-corrected chi connectivity index (χ3v) is 3.77. The van der Waals surface area contributed by atoms with Crippen molar-refractivity contribution in [2.24, 2.45) is 0 Å². The number of nitrogens with zero attached hydrogens (tertiary/aromatic N) is 1. The molecule has 0 aliphatic heterocycles. The summed E-state index contributed by atoms with van der Waals surface area (Å²) >= 11 is 3.27. The number of ether oxygens (including phenoxy) is 1. The normalized spacial score (nSPS) is 10.5. The van der Waals surface area contributed by atoms with Crippen LogP contribution in [0.3, 0.4) is 0 Å². The summed E-state index contributed by atoms with van der Waals surface area (Å²) in [5, 5.41) is 4.29. The molecule has 6 heteroatoms. The summed E-state index contributed by atoms with van der Waals surface area (Å²) in [5.74, 6) is 2.45. The quantitative estimate of drug-likeness (QED) is 0.678. The highest BCUT2D eigenvalue weighted by Crippen LogP contribution is 2.34. The number of anilines is 2. The van der Waals surface area contributed by atoms with Gasteiger partial charge < -0.3 is 15.8 Å². The Kier molecular flexibility index (Phi) is 7.19. The zero-order valence-electron chi connectivity index (χ0n) is 10.5. The van der Waals surface area contributed by atoms with Crippen LogP contribution in [0, 0.1) is 0 Å². The topological polar surface area (TPSA) is 60.2 Å². The van der Waals surface area contributed by atoms with E-state index in [2.05, 4.69) is 15.9 Å². The van der Waals surface area contributed by atoms with Gasteiger partial charge >= 0.3 is 0 Å². The molecule has 0 unspecified atom stereocenters. The molecule has 0 spiro atoms. The van der Waals surface area contributed by atoms with Crippen molar-refractivity contribution in [3.05, 3.63) is 0 Å². The molecule has 0 aliphatic carbocycles. The first-order valence-electron chi connectivity index (χ1n) is 5.90. The van der Waals surface area contributed by atoms with Crippen LogP contribution in [-0.4, -0.2) is 29.5 Å². The molecule has 1 rings (SSSR count). The van der Waals surface area contributed by atoms with Crippen LogP contribution >= 0.6 is 23.3 Å². The smallest absolute Gasteiger partial charge is 0.197 e. The zero-order chi connectivity index (χ0) is 12.5. The Labute approximate surface area is 111 Å². The monoisotopic (exact) mass is 275 g/mol. The van der Waals surface area contributed by atoms with Gasteiger partial charge in [0, 0.05) is 6.54 Å². The minimum absolute atomic E-state index is 0.488. The molecular weight excluding hydrogens is 254 g/mol. The molecule has 1 aromatic rings. The van der Waals surface area contributed by atoms with E-state index in [0.29, 0.717) is 18.2 Å². The van der Waals surface area contributed by atoms with E-state index in [1.165, 1.54) is 36.5 Å². The summed E-state index contributed by atoms with van der Waals surface area (Å²) in [6, 6.07) is 0. The summed E-state index contributed by atoms with van der Waals surface area (Å²) < 4.78 is 9.55. The fraction of sp³-hybridized carbons (Fsp3) is 0.727. The Bertz CT molecular complexity index is 318. The Morgan fingerprint density at radius 3 is 2.94 bits per heavy atom. The van der Waals surface area contributed by atoms with E-state index in [9.17, 15) is 0 Å². The van der Waals surface area contributed by atoms with Gasteiger partial charge in [0.1, 0.15) is 0 Å². The van der Waals surface area contributed by atoms with Crippen molar-refractivity contribution in [2.75, 3.05) is 36.2 Å². The second kappa shape index (κ2) is 8.47. The number of nitrogens with one attached hydrogen (secondary N) is 1. The Hall–Kier alpha value is -0.620. The highest BCUT2D eigenvalue weighted by Gasteiger charge is 2.11. The second-order valence-corrected chi connectivity index (χ2v) is 5.40. The number of aromatic nitrogens is 1. The maximum absolute atomic E-state index is 5.73. The molecule has 0 atom stereocenters. The minimum atomic E-state index is 0.488. The highest BCUT2D eigenvalue weighted by atomic mass is 32.2. The molecule has 1 heterocycles. The molecule has 0 amide bonds. The van der Waals surface area contributed by atoms with Gasteiger partial charge in [-0.2, -0.15) is 16.1 Å². The number of nitrogen functional groups attached to an aromatic ring is 1. The lowest BCUT2D eigenvalue weighted by atomic mass is 10.2. The molecule has 0 bridgehead atoms. The van der Waals surface area contributed by atoms with Crippen molar-refractivity contribution < 1.29 is 4.74 Å². The van der Waals surface area contributed by atoms with E-state index in [-0.39, 0.29) is 0 Å². The van der Waals surface area contributed by atoms with Crippen LogP contribution in [-0.2, 0) is 0 Å². The van der Waals surface area contributed by atoms with E-state index in [0.717, 1.165) is 11.5 Å². The lowest BCUT2D eigenvalue weighted by Gasteiger charge is -2.07. The van der Waals surface area contributed by atoms with Crippen LogP contribution in [0.15, 0.2) is 0 Å². The average Bonchev–Trinajstić information content (AvgIpc) is 2.66. The lowest BCUT2D eigenvalue weighted by Crippen LogP contribution is -2.03. The van der Waals surface area contributed by atoms with Gasteiger partial charge in [0.05, 0.1) is 6.61 Å². The van der Waals surface area contributed by atoms with E-state index in [1.54, 1.807) is 0 Å². The van der Waals surface area contributed by atoms with Crippen molar-refractivity contribution in [1.82, 2.24) is 4.37 Å². The predicted octanol–water partition coefficient (Wildman–Crippen LogP) is 3.07. The Balaban J connectivity index is 2.26. The van der Waals surface area contributed by atoms with Crippen LogP contribution in [0.2, 0.25) is 0 Å². The number of thioether (sulfide) groups is 1. The largest absolute Gasteiger partial charge is 0.487 e. The van der Waals surface area contributed by atoms with Gasteiger partial charge in [0.15, 0.2) is 16.6 Å². The molecule has 0 saturated heterocycles. The van der Waals surface area contributed by atoms with E-state index in [1.807, 2.05) is 18.7 Å². The van der Waals surface area contributed by atoms with Gasteiger partial charge in [-0.15, -0.1) is 0 Å². The first kappa shape index (κ1) is 14.4. The molecule has 0 radical (unpaired) electrons. The van der Waals surface area contributed by atoms with Crippen molar-refractivity contribution >= 4 is 34.1 Å². The molecular formula is C11H21N3OS2. The van der Waals surface area contributed by atoms with Crippen molar-refractivity contribution in [2.45, 2.75) is 26.2 Å². The summed E-state index contributed by atoms with van der Waals surface area (Å²) in [6.45, 7) is 3.52. The minimum Gasteiger partial charge on any atom is -0.487 e. The molecule has 98 valence electrons. The predicted molar refractivity (Wildman–Crippen MR) is 78.4 cm³/mol. The Morgan fingerprint density at radius 1 is 1.41 bits per heavy atom. The zero-order valence-corrected chi connectivity index (χ0v) is 12.1. The molecule has 0 saturated carbocycles. The fourth-order valence-corrected chi connectivity index (χ4v) is 2.62. The molecule has 4 nitrogen and oxygen atoms in total. The van der Waals surface area contributed by atoms with Crippen LogP contribution < -0.4 is 15.8 Å². The van der Waals surface area contributed by atoms with Gasteiger partial charge in [-0.3, -0.25) is 0 Å². The first-order valence-corrected chi connectivity index (χ1v) is 8.07. The third-order valence-electron chi connectivity index (χ3n) is 2.27. The van der Waals surface area contributed by atoms with Crippen LogP contribution in [0.1, 0.15) is 26.2 Å². The summed E-state index contributed by atoms with van der Waals surface area (Å²) in [5.41, 5.74) is 5.73. The van der Waals surface area contributed by atoms with Crippen LogP contribution in [0.4, 0.5) is 10.8 Å². The maximum atomic E-state index is 5.73. The van der Waals surface area contributed by atoms with Gasteiger partial charge in [0.2, 0.25) is 0 Å². The second-order valence-electron chi connectivity index (χ2n) is 3.64. The maximum Gasteiger partial charge on any atom is 0.197 e. The van der Waals surface area contributed by atoms with Gasteiger partial charge in [-0.1, -0.05) is 6.42 Å². The summed E-state index contributed by atoms with van der Waals surface area (Å²) in [7, 11) is 0. The number of rotatable bonds is 9. The number of nitrogens with two attached hydrogens (primary N) is 1. The fourth-order valence-electron chi connectivity index (χ4n) is 1.44. The molecule has 17 heavy (non-hydrogen) atoms. The molecule has 0 fully saturated rings.